The molecule has 1 aromatic carbocycles. The molecule has 0 atom stereocenters. The van der Waals surface area contributed by atoms with Crippen molar-refractivity contribution in [3.8, 4) is 11.1 Å². The predicted molar refractivity (Wildman–Crippen MR) is 104 cm³/mol. The summed E-state index contributed by atoms with van der Waals surface area (Å²) in [5.41, 5.74) is 2.82. The topological polar surface area (TPSA) is 85.4 Å². The first-order valence-corrected chi connectivity index (χ1v) is 10.5. The minimum Gasteiger partial charge on any atom is -0.361 e. The Labute approximate surface area is 158 Å². The average molecular weight is 383 g/mol. The van der Waals surface area contributed by atoms with Gasteiger partial charge in [-0.1, -0.05) is 18.0 Å². The maximum atomic E-state index is 13.0. The first-order chi connectivity index (χ1) is 13.0. The first kappa shape index (κ1) is 17.9. The molecule has 1 aliphatic carbocycles. The zero-order valence-electron chi connectivity index (χ0n) is 15.3. The minimum absolute atomic E-state index is 0.164. The summed E-state index contributed by atoms with van der Waals surface area (Å²) in [6, 6.07) is 7.01. The second-order valence-electron chi connectivity index (χ2n) is 7.02. The van der Waals surface area contributed by atoms with Gasteiger partial charge in [0.15, 0.2) is 0 Å². The molecule has 0 unspecified atom stereocenters. The molecule has 0 spiro atoms. The molecule has 0 saturated heterocycles. The van der Waals surface area contributed by atoms with Gasteiger partial charge in [0.1, 0.15) is 5.76 Å². The monoisotopic (exact) mass is 383 g/mol. The van der Waals surface area contributed by atoms with Crippen LogP contribution in [0, 0.1) is 19.8 Å². The second kappa shape index (κ2) is 6.88. The lowest BCUT2D eigenvalue weighted by molar-refractivity contribution is 0.393. The largest absolute Gasteiger partial charge is 0.361 e. The molecule has 27 heavy (non-hydrogen) atoms. The van der Waals surface area contributed by atoms with Gasteiger partial charge in [-0.15, -0.1) is 0 Å². The van der Waals surface area contributed by atoms with Gasteiger partial charge in [-0.2, -0.15) is 12.8 Å². The van der Waals surface area contributed by atoms with Crippen LogP contribution in [0.3, 0.4) is 0 Å². The van der Waals surface area contributed by atoms with Crippen molar-refractivity contribution >= 4 is 27.1 Å². The van der Waals surface area contributed by atoms with E-state index >= 15 is 0 Å². The van der Waals surface area contributed by atoms with Crippen LogP contribution < -0.4 is 0 Å². The lowest BCUT2D eigenvalue weighted by Crippen LogP contribution is -2.03. The van der Waals surface area contributed by atoms with Crippen LogP contribution >= 0.6 is 0 Å². The molecule has 1 saturated carbocycles. The third kappa shape index (κ3) is 3.39. The number of hydrogen-bond acceptors (Lipinski definition) is 5. The van der Waals surface area contributed by atoms with E-state index in [2.05, 4.69) is 14.5 Å². The van der Waals surface area contributed by atoms with Crippen molar-refractivity contribution in [1.29, 1.82) is 0 Å². The third-order valence-electron chi connectivity index (χ3n) is 5.09. The van der Waals surface area contributed by atoms with Crippen LogP contribution in [0.5, 0.6) is 0 Å². The molecule has 7 heteroatoms. The predicted octanol–water partition coefficient (Wildman–Crippen LogP) is 4.46. The average Bonchev–Trinajstić information content (AvgIpc) is 3.29. The summed E-state index contributed by atoms with van der Waals surface area (Å²) in [5.74, 6) is 0.885. The summed E-state index contributed by atoms with van der Waals surface area (Å²) in [6.07, 6.45) is 7.52. The van der Waals surface area contributed by atoms with Crippen molar-refractivity contribution in [1.82, 2.24) is 10.1 Å². The standard InChI is InChI=1S/C20H21N3O3S/c1-13-20(14(2)26-23-13)16-10-18-17(8-5-9-21-18)19(11-16)27(24,25)22-12-15-6-3-4-7-15/h5,8-12,15H,3-4,6-7H2,1-2H3/b22-12-. The van der Waals surface area contributed by atoms with E-state index in [4.69, 9.17) is 4.52 Å². The molecular formula is C20H21N3O3S. The van der Waals surface area contributed by atoms with E-state index < -0.39 is 10.0 Å². The Hall–Kier alpha value is -2.54. The Morgan fingerprint density at radius 3 is 2.70 bits per heavy atom. The minimum atomic E-state index is -3.84. The van der Waals surface area contributed by atoms with Crippen molar-refractivity contribution in [3.63, 3.8) is 0 Å². The van der Waals surface area contributed by atoms with E-state index in [1.54, 1.807) is 30.6 Å². The maximum absolute atomic E-state index is 13.0. The van der Waals surface area contributed by atoms with Crippen molar-refractivity contribution in [2.45, 2.75) is 44.4 Å². The van der Waals surface area contributed by atoms with E-state index in [1.807, 2.05) is 19.9 Å². The van der Waals surface area contributed by atoms with Gasteiger partial charge in [0.2, 0.25) is 0 Å². The summed E-state index contributed by atoms with van der Waals surface area (Å²) >= 11 is 0. The third-order valence-corrected chi connectivity index (χ3v) is 6.39. The van der Waals surface area contributed by atoms with Crippen LogP contribution in [-0.2, 0) is 10.0 Å². The van der Waals surface area contributed by atoms with Gasteiger partial charge >= 0.3 is 0 Å². The first-order valence-electron chi connectivity index (χ1n) is 9.08. The van der Waals surface area contributed by atoms with Gasteiger partial charge < -0.3 is 4.52 Å². The molecule has 0 N–H and O–H groups in total. The number of aromatic nitrogens is 2. The Kier molecular flexibility index (Phi) is 4.55. The van der Waals surface area contributed by atoms with Crippen molar-refractivity contribution < 1.29 is 12.9 Å². The van der Waals surface area contributed by atoms with Crippen molar-refractivity contribution in [2.24, 2.45) is 10.3 Å². The van der Waals surface area contributed by atoms with Crippen LogP contribution in [0.1, 0.15) is 37.1 Å². The Balaban J connectivity index is 1.88. The van der Waals surface area contributed by atoms with Gasteiger partial charge in [0, 0.05) is 23.4 Å². The molecule has 3 aromatic rings. The maximum Gasteiger partial charge on any atom is 0.282 e. The molecule has 0 bridgehead atoms. The summed E-state index contributed by atoms with van der Waals surface area (Å²) in [5, 5.41) is 4.54. The molecule has 140 valence electrons. The Morgan fingerprint density at radius 1 is 1.22 bits per heavy atom. The van der Waals surface area contributed by atoms with Crippen LogP contribution in [0.15, 0.2) is 44.3 Å². The number of rotatable bonds is 4. The van der Waals surface area contributed by atoms with Crippen molar-refractivity contribution in [3.05, 3.63) is 41.9 Å². The molecule has 0 radical (unpaired) electrons. The summed E-state index contributed by atoms with van der Waals surface area (Å²) < 4.78 is 35.3. The van der Waals surface area contributed by atoms with Gasteiger partial charge in [-0.3, -0.25) is 4.98 Å². The molecule has 1 fully saturated rings. The molecule has 4 rings (SSSR count). The Morgan fingerprint density at radius 2 is 2.00 bits per heavy atom. The van der Waals surface area contributed by atoms with Crippen molar-refractivity contribution in [2.75, 3.05) is 0 Å². The number of fused-ring (bicyclic) bond motifs is 1. The Bertz CT molecular complexity index is 1110. The highest BCUT2D eigenvalue weighted by Gasteiger charge is 2.22. The number of aryl methyl sites for hydroxylation is 2. The SMILES string of the molecule is Cc1noc(C)c1-c1cc(S(=O)(=O)/N=C\C2CCCC2)c2cccnc2c1. The summed E-state index contributed by atoms with van der Waals surface area (Å²) in [6.45, 7) is 3.64. The fraction of sp³-hybridized carbons (Fsp3) is 0.350. The van der Waals surface area contributed by atoms with E-state index in [1.165, 1.54) is 0 Å². The zero-order chi connectivity index (χ0) is 19.0. The molecule has 0 aliphatic heterocycles. The number of sulfonamides is 1. The smallest absolute Gasteiger partial charge is 0.282 e. The molecule has 2 heterocycles. The fourth-order valence-electron chi connectivity index (χ4n) is 3.73. The number of hydrogen-bond donors (Lipinski definition) is 0. The van der Waals surface area contributed by atoms with Crippen LogP contribution in [0.2, 0.25) is 0 Å². The summed E-state index contributed by atoms with van der Waals surface area (Å²) in [4.78, 5) is 4.52. The molecule has 6 nitrogen and oxygen atoms in total. The molecule has 1 aliphatic rings. The summed E-state index contributed by atoms with van der Waals surface area (Å²) in [7, 11) is -3.84. The highest BCUT2D eigenvalue weighted by molar-refractivity contribution is 7.90. The highest BCUT2D eigenvalue weighted by Crippen LogP contribution is 2.34. The fourth-order valence-corrected chi connectivity index (χ4v) is 4.90. The van der Waals surface area contributed by atoms with Gasteiger partial charge in [-0.25, -0.2) is 0 Å². The molecule has 2 aromatic heterocycles. The number of benzene rings is 1. The van der Waals surface area contributed by atoms with Crippen LogP contribution in [0.4, 0.5) is 0 Å². The van der Waals surface area contributed by atoms with E-state index in [9.17, 15) is 8.42 Å². The van der Waals surface area contributed by atoms with E-state index in [-0.39, 0.29) is 10.8 Å². The van der Waals surface area contributed by atoms with Crippen LogP contribution in [-0.4, -0.2) is 24.8 Å². The van der Waals surface area contributed by atoms with E-state index in [0.29, 0.717) is 27.9 Å². The van der Waals surface area contributed by atoms with Crippen LogP contribution in [0.25, 0.3) is 22.0 Å². The molecular weight excluding hydrogens is 362 g/mol. The molecule has 0 amide bonds. The second-order valence-corrected chi connectivity index (χ2v) is 8.62. The number of nitrogens with zero attached hydrogens (tertiary/aromatic N) is 3. The quantitative estimate of drug-likeness (QED) is 0.621. The highest BCUT2D eigenvalue weighted by atomic mass is 32.2. The van der Waals surface area contributed by atoms with Gasteiger partial charge in [-0.05, 0) is 62.4 Å². The van der Waals surface area contributed by atoms with Gasteiger partial charge in [0.05, 0.1) is 16.1 Å². The lowest BCUT2D eigenvalue weighted by atomic mass is 10.0. The lowest BCUT2D eigenvalue weighted by Gasteiger charge is -2.09. The number of pyridine rings is 1. The van der Waals surface area contributed by atoms with E-state index in [0.717, 1.165) is 31.2 Å². The normalized spacial score (nSPS) is 15.9. The zero-order valence-corrected chi connectivity index (χ0v) is 16.2. The van der Waals surface area contributed by atoms with Gasteiger partial charge in [0.25, 0.3) is 10.0 Å².